The highest BCUT2D eigenvalue weighted by molar-refractivity contribution is 7.27. The molecule has 258 valence electrons. The van der Waals surface area contributed by atoms with Crippen molar-refractivity contribution in [3.63, 3.8) is 0 Å². The van der Waals surface area contributed by atoms with Gasteiger partial charge in [-0.25, -0.2) is 13.2 Å². The van der Waals surface area contributed by atoms with Crippen LogP contribution in [0.5, 0.6) is 11.8 Å². The molecule has 0 spiro atoms. The SMILES string of the molecule is C#CC[C@@H]1C[C@@H](Oc2cc(O[C@@H](C)[C@@H](C)C[C@@H](F)CNC)nc(-c3noc(C(C)(C)c4c(F)cccc4P)n3)n2)CCN1C(=O)C(=C)F. The highest BCUT2D eigenvalue weighted by Crippen LogP contribution is 2.34. The normalized spacial score (nSPS) is 18.5. The lowest BCUT2D eigenvalue weighted by Crippen LogP contribution is -2.48. The molecule has 1 N–H and O–H groups in total. The Morgan fingerprint density at radius 3 is 2.67 bits per heavy atom. The quantitative estimate of drug-likeness (QED) is 0.141. The van der Waals surface area contributed by atoms with Crippen molar-refractivity contribution in [3.8, 4) is 35.8 Å². The van der Waals surface area contributed by atoms with Gasteiger partial charge in [0.2, 0.25) is 29.3 Å². The van der Waals surface area contributed by atoms with E-state index in [1.54, 1.807) is 33.0 Å². The van der Waals surface area contributed by atoms with E-state index in [1.165, 1.54) is 17.0 Å². The molecule has 1 saturated heterocycles. The number of nitrogens with one attached hydrogen (secondary N) is 1. The summed E-state index contributed by atoms with van der Waals surface area (Å²) in [5, 5.41) is 7.58. The summed E-state index contributed by atoms with van der Waals surface area (Å²) >= 11 is 0. The van der Waals surface area contributed by atoms with Gasteiger partial charge in [-0.1, -0.05) is 30.8 Å². The van der Waals surface area contributed by atoms with Crippen molar-refractivity contribution in [2.24, 2.45) is 5.92 Å². The van der Waals surface area contributed by atoms with Crippen LogP contribution in [-0.2, 0) is 10.2 Å². The van der Waals surface area contributed by atoms with Crippen molar-refractivity contribution >= 4 is 20.5 Å². The first-order chi connectivity index (χ1) is 22.7. The van der Waals surface area contributed by atoms with Crippen molar-refractivity contribution in [2.45, 2.75) is 83.2 Å². The molecular formula is C34H42F3N6O4P. The van der Waals surface area contributed by atoms with E-state index in [4.69, 9.17) is 20.4 Å². The Kier molecular flexibility index (Phi) is 12.2. The van der Waals surface area contributed by atoms with Gasteiger partial charge in [0.15, 0.2) is 5.83 Å². The maximum Gasteiger partial charge on any atom is 0.282 e. The van der Waals surface area contributed by atoms with Gasteiger partial charge in [-0.15, -0.1) is 21.6 Å². The van der Waals surface area contributed by atoms with Crippen LogP contribution < -0.4 is 20.1 Å². The highest BCUT2D eigenvalue weighted by Gasteiger charge is 2.36. The van der Waals surface area contributed by atoms with Crippen molar-refractivity contribution in [1.82, 2.24) is 30.3 Å². The number of amides is 1. The minimum absolute atomic E-state index is 0.0145. The number of halogens is 3. The van der Waals surface area contributed by atoms with Crippen molar-refractivity contribution in [3.05, 3.63) is 53.9 Å². The Hall–Kier alpha value is -4.01. The Morgan fingerprint density at radius 2 is 2.00 bits per heavy atom. The number of rotatable bonds is 14. The lowest BCUT2D eigenvalue weighted by Gasteiger charge is -2.38. The fourth-order valence-electron chi connectivity index (χ4n) is 5.75. The Balaban J connectivity index is 1.65. The fourth-order valence-corrected chi connectivity index (χ4v) is 6.36. The van der Waals surface area contributed by atoms with Gasteiger partial charge >= 0.3 is 0 Å². The highest BCUT2D eigenvalue weighted by atomic mass is 31.0. The van der Waals surface area contributed by atoms with Crippen molar-refractivity contribution < 1.29 is 32.0 Å². The predicted molar refractivity (Wildman–Crippen MR) is 179 cm³/mol. The van der Waals surface area contributed by atoms with Crippen LogP contribution in [-0.4, -0.2) is 75.5 Å². The number of nitrogens with zero attached hydrogens (tertiary/aromatic N) is 5. The molecule has 4 rings (SSSR count). The minimum atomic E-state index is -1.06. The summed E-state index contributed by atoms with van der Waals surface area (Å²) in [7, 11) is 4.21. The average Bonchev–Trinajstić information content (AvgIpc) is 3.53. The second-order valence-corrected chi connectivity index (χ2v) is 13.2. The molecule has 3 heterocycles. The van der Waals surface area contributed by atoms with Gasteiger partial charge in [0.1, 0.15) is 24.2 Å². The number of hydrogen-bond acceptors (Lipinski definition) is 9. The number of alkyl halides is 1. The summed E-state index contributed by atoms with van der Waals surface area (Å²) in [5.74, 6) is 0.510. The zero-order valence-electron chi connectivity index (χ0n) is 27.8. The molecule has 48 heavy (non-hydrogen) atoms. The molecule has 2 aromatic heterocycles. The molecule has 6 atom stereocenters. The number of piperidine rings is 1. The van der Waals surface area contributed by atoms with Crippen LogP contribution in [0.25, 0.3) is 11.6 Å². The van der Waals surface area contributed by atoms with Crippen LogP contribution in [0.15, 0.2) is 41.2 Å². The number of carbonyl (C=O) groups is 1. The second-order valence-electron chi connectivity index (χ2n) is 12.5. The van der Waals surface area contributed by atoms with E-state index in [1.807, 2.05) is 13.8 Å². The van der Waals surface area contributed by atoms with E-state index in [0.717, 1.165) is 0 Å². The van der Waals surface area contributed by atoms with E-state index < -0.39 is 47.4 Å². The van der Waals surface area contributed by atoms with Crippen molar-refractivity contribution in [1.29, 1.82) is 0 Å². The van der Waals surface area contributed by atoms with E-state index in [-0.39, 0.29) is 61.1 Å². The summed E-state index contributed by atoms with van der Waals surface area (Å²) < 4.78 is 61.1. The van der Waals surface area contributed by atoms with Crippen LogP contribution in [0.3, 0.4) is 0 Å². The molecule has 1 fully saturated rings. The maximum atomic E-state index is 14.9. The Labute approximate surface area is 281 Å². The number of terminal acetylenes is 1. The van der Waals surface area contributed by atoms with Crippen LogP contribution in [0.2, 0.25) is 0 Å². The first kappa shape index (κ1) is 36.8. The van der Waals surface area contributed by atoms with Gasteiger partial charge in [0.05, 0.1) is 11.5 Å². The molecule has 0 radical (unpaired) electrons. The summed E-state index contributed by atoms with van der Waals surface area (Å²) in [5.41, 5.74) is -0.633. The maximum absolute atomic E-state index is 14.9. The molecule has 1 aliphatic rings. The summed E-state index contributed by atoms with van der Waals surface area (Å²) in [4.78, 5) is 27.4. The summed E-state index contributed by atoms with van der Waals surface area (Å²) in [6.07, 6.45) is 4.75. The zero-order valence-corrected chi connectivity index (χ0v) is 29.0. The van der Waals surface area contributed by atoms with Gasteiger partial charge in [-0.05, 0) is 51.5 Å². The Morgan fingerprint density at radius 1 is 1.27 bits per heavy atom. The van der Waals surface area contributed by atoms with Gasteiger partial charge in [0, 0.05) is 44.0 Å². The largest absolute Gasteiger partial charge is 0.474 e. The third-order valence-electron chi connectivity index (χ3n) is 8.47. The third kappa shape index (κ3) is 8.71. The fraction of sp³-hybridized carbons (Fsp3) is 0.500. The summed E-state index contributed by atoms with van der Waals surface area (Å²) in [6, 6.07) is 5.78. The lowest BCUT2D eigenvalue weighted by atomic mass is 9.84. The van der Waals surface area contributed by atoms with Gasteiger partial charge in [-0.3, -0.25) is 4.79 Å². The molecule has 1 unspecified atom stereocenters. The first-order valence-electron chi connectivity index (χ1n) is 15.7. The molecule has 0 aliphatic carbocycles. The third-order valence-corrected chi connectivity index (χ3v) is 8.95. The lowest BCUT2D eigenvalue weighted by molar-refractivity contribution is -0.133. The van der Waals surface area contributed by atoms with Crippen LogP contribution in [0, 0.1) is 24.1 Å². The molecule has 0 bridgehead atoms. The van der Waals surface area contributed by atoms with Crippen LogP contribution in [0.4, 0.5) is 13.2 Å². The minimum Gasteiger partial charge on any atom is -0.474 e. The number of likely N-dealkylation sites (tertiary alicyclic amines) is 1. The van der Waals surface area contributed by atoms with Gasteiger partial charge in [0.25, 0.3) is 5.91 Å². The standard InChI is InChI=1S/C34H42F3N6O4P/c1-8-10-23-16-24(13-14-43(23)32(44)20(3)35)46-28-17-27(45-21(4)19(2)15-22(36)18-38-7)39-30(40-28)31-41-33(47-42-31)34(5,6)29-25(37)11-9-12-26(29)48/h1,9,11-12,17,19,21-24,38H,3,10,13-16,18,48H2,2,4-7H3/t19-,21-,22+,23+,24-/m0/s1. The van der Waals surface area contributed by atoms with E-state index >= 15 is 0 Å². The molecule has 3 aromatic rings. The predicted octanol–water partition coefficient (Wildman–Crippen LogP) is 5.09. The number of carbonyl (C=O) groups excluding carboxylic acids is 1. The molecule has 1 amide bonds. The number of benzene rings is 1. The molecular weight excluding hydrogens is 644 g/mol. The monoisotopic (exact) mass is 686 g/mol. The van der Waals surface area contributed by atoms with E-state index in [9.17, 15) is 18.0 Å². The smallest absolute Gasteiger partial charge is 0.282 e. The molecule has 14 heteroatoms. The van der Waals surface area contributed by atoms with Crippen molar-refractivity contribution in [2.75, 3.05) is 20.1 Å². The number of ether oxygens (including phenoxy) is 2. The first-order valence-corrected chi connectivity index (χ1v) is 16.3. The molecule has 1 aromatic carbocycles. The van der Waals surface area contributed by atoms with E-state index in [2.05, 4.69) is 47.2 Å². The van der Waals surface area contributed by atoms with Gasteiger partial charge in [-0.2, -0.15) is 15.0 Å². The average molecular weight is 687 g/mol. The van der Waals surface area contributed by atoms with Gasteiger partial charge < -0.3 is 24.2 Å². The van der Waals surface area contributed by atoms with Crippen LogP contribution >= 0.6 is 9.24 Å². The van der Waals surface area contributed by atoms with Crippen LogP contribution in [0.1, 0.15) is 64.8 Å². The molecule has 10 nitrogen and oxygen atoms in total. The number of aromatic nitrogens is 4. The molecule has 1 aliphatic heterocycles. The van der Waals surface area contributed by atoms with E-state index in [0.29, 0.717) is 23.7 Å². The second kappa shape index (κ2) is 15.9. The Bertz CT molecular complexity index is 1630. The molecule has 0 saturated carbocycles. The summed E-state index contributed by atoms with van der Waals surface area (Å²) in [6.45, 7) is 10.8. The number of hydrogen-bond donors (Lipinski definition) is 1. The topological polar surface area (TPSA) is 116 Å². The zero-order chi connectivity index (χ0) is 35.2.